The summed E-state index contributed by atoms with van der Waals surface area (Å²) in [4.78, 5) is 14.6. The fourth-order valence-electron chi connectivity index (χ4n) is 2.40. The number of amides is 1. The lowest BCUT2D eigenvalue weighted by atomic mass is 10.1. The minimum Gasteiger partial charge on any atom is -0.494 e. The first-order valence-electron chi connectivity index (χ1n) is 8.18. The molecule has 0 saturated carbocycles. The number of benzene rings is 2. The lowest BCUT2D eigenvalue weighted by Crippen LogP contribution is -2.39. The number of rotatable bonds is 8. The first-order chi connectivity index (χ1) is 12.8. The van der Waals surface area contributed by atoms with Gasteiger partial charge in [0, 0.05) is 17.1 Å². The van der Waals surface area contributed by atoms with Crippen LogP contribution in [0.25, 0.3) is 0 Å². The molecule has 2 rings (SSSR count). The predicted octanol–water partition coefficient (Wildman–Crippen LogP) is 4.61. The summed E-state index contributed by atoms with van der Waals surface area (Å²) < 4.78 is 43.3. The highest BCUT2D eigenvalue weighted by Gasteiger charge is 2.19. The molecule has 0 aliphatic carbocycles. The van der Waals surface area contributed by atoms with Crippen LogP contribution in [0.3, 0.4) is 0 Å². The number of thioether (sulfide) groups is 1. The summed E-state index contributed by atoms with van der Waals surface area (Å²) in [6.07, 6.45) is 0. The summed E-state index contributed by atoms with van der Waals surface area (Å²) in [6, 6.07) is 10.4. The van der Waals surface area contributed by atoms with E-state index in [1.165, 1.54) is 25.3 Å². The summed E-state index contributed by atoms with van der Waals surface area (Å²) in [7, 11) is 3.16. The van der Waals surface area contributed by atoms with Gasteiger partial charge in [-0.2, -0.15) is 8.78 Å². The van der Waals surface area contributed by atoms with E-state index in [1.807, 2.05) is 0 Å². The van der Waals surface area contributed by atoms with E-state index in [1.54, 1.807) is 43.1 Å². The number of ether oxygens (including phenoxy) is 1. The van der Waals surface area contributed by atoms with Gasteiger partial charge in [-0.15, -0.1) is 0 Å². The monoisotopic (exact) mass is 398 g/mol. The van der Waals surface area contributed by atoms with Gasteiger partial charge in [-0.25, -0.2) is 4.39 Å². The maximum atomic E-state index is 13.8. The molecular formula is C19H21F3N2O2S. The van der Waals surface area contributed by atoms with Gasteiger partial charge in [-0.1, -0.05) is 17.8 Å². The molecule has 1 amide bonds. The molecule has 8 heteroatoms. The van der Waals surface area contributed by atoms with Crippen molar-refractivity contribution in [2.45, 2.75) is 30.2 Å². The first kappa shape index (κ1) is 21.1. The zero-order valence-electron chi connectivity index (χ0n) is 15.2. The molecule has 1 unspecified atom stereocenters. The Bertz CT molecular complexity index is 772. The Balaban J connectivity index is 1.94. The second-order valence-corrected chi connectivity index (χ2v) is 7.02. The maximum absolute atomic E-state index is 13.8. The highest BCUT2D eigenvalue weighted by molar-refractivity contribution is 7.99. The lowest BCUT2D eigenvalue weighted by molar-refractivity contribution is -0.120. The Labute approximate surface area is 160 Å². The summed E-state index contributed by atoms with van der Waals surface area (Å²) in [6.45, 7) is 2.11. The molecule has 0 aromatic heterocycles. The summed E-state index contributed by atoms with van der Waals surface area (Å²) in [5.41, 5.74) is 1.23. The fourth-order valence-corrected chi connectivity index (χ4v) is 2.90. The normalized spacial score (nSPS) is 12.3. The Morgan fingerprint density at radius 2 is 1.89 bits per heavy atom. The van der Waals surface area contributed by atoms with E-state index in [9.17, 15) is 18.0 Å². The van der Waals surface area contributed by atoms with Crippen molar-refractivity contribution < 1.29 is 22.7 Å². The standard InChI is InChI=1S/C19H21F3N2O2S/c1-12(24(2)11-13-4-9-17(26-3)16(20)10-13)18(25)23-14-5-7-15(8-6-14)27-19(21)22/h4-10,12,19H,11H2,1-3H3,(H,23,25). The maximum Gasteiger partial charge on any atom is 0.288 e. The van der Waals surface area contributed by atoms with Crippen LogP contribution in [-0.4, -0.2) is 36.8 Å². The summed E-state index contributed by atoms with van der Waals surface area (Å²) in [5, 5.41) is 2.75. The van der Waals surface area contributed by atoms with Crippen molar-refractivity contribution in [3.8, 4) is 5.75 Å². The largest absolute Gasteiger partial charge is 0.494 e. The molecule has 0 aliphatic heterocycles. The quantitative estimate of drug-likeness (QED) is 0.660. The molecule has 1 N–H and O–H groups in total. The highest BCUT2D eigenvalue weighted by atomic mass is 32.2. The third kappa shape index (κ3) is 6.18. The average molecular weight is 398 g/mol. The highest BCUT2D eigenvalue weighted by Crippen LogP contribution is 2.26. The third-order valence-corrected chi connectivity index (χ3v) is 4.76. The molecule has 0 saturated heterocycles. The van der Waals surface area contributed by atoms with Crippen LogP contribution in [-0.2, 0) is 11.3 Å². The van der Waals surface area contributed by atoms with E-state index < -0.39 is 17.6 Å². The van der Waals surface area contributed by atoms with Gasteiger partial charge in [0.2, 0.25) is 5.91 Å². The Kier molecular flexibility index (Phi) is 7.55. The smallest absolute Gasteiger partial charge is 0.288 e. The number of nitrogens with one attached hydrogen (secondary N) is 1. The molecule has 0 heterocycles. The number of anilines is 1. The molecule has 0 radical (unpaired) electrons. The minimum absolute atomic E-state index is 0.167. The Hall–Kier alpha value is -2.19. The van der Waals surface area contributed by atoms with Gasteiger partial charge in [-0.3, -0.25) is 9.69 Å². The first-order valence-corrected chi connectivity index (χ1v) is 9.06. The van der Waals surface area contributed by atoms with Crippen molar-refractivity contribution in [1.82, 2.24) is 4.90 Å². The molecule has 1 atom stereocenters. The summed E-state index contributed by atoms with van der Waals surface area (Å²) in [5.74, 6) is -3.02. The third-order valence-electron chi connectivity index (χ3n) is 4.04. The van der Waals surface area contributed by atoms with Gasteiger partial charge in [0.15, 0.2) is 11.6 Å². The minimum atomic E-state index is -2.48. The van der Waals surface area contributed by atoms with Crippen LogP contribution in [0, 0.1) is 5.82 Å². The second-order valence-electron chi connectivity index (χ2n) is 5.95. The van der Waals surface area contributed by atoms with E-state index >= 15 is 0 Å². The van der Waals surface area contributed by atoms with Crippen molar-refractivity contribution in [3.63, 3.8) is 0 Å². The van der Waals surface area contributed by atoms with Crippen molar-refractivity contribution in [2.24, 2.45) is 0 Å². The van der Waals surface area contributed by atoms with Crippen molar-refractivity contribution in [3.05, 3.63) is 53.8 Å². The zero-order chi connectivity index (χ0) is 20.0. The number of hydrogen-bond acceptors (Lipinski definition) is 4. The topological polar surface area (TPSA) is 41.6 Å². The van der Waals surface area contributed by atoms with E-state index in [-0.39, 0.29) is 11.7 Å². The SMILES string of the molecule is COc1ccc(CN(C)C(C)C(=O)Nc2ccc(SC(F)F)cc2)cc1F. The van der Waals surface area contributed by atoms with Crippen molar-refractivity contribution in [2.75, 3.05) is 19.5 Å². The van der Waals surface area contributed by atoms with E-state index in [0.717, 1.165) is 0 Å². The van der Waals surface area contributed by atoms with Crippen LogP contribution >= 0.6 is 11.8 Å². The number of halogens is 3. The molecule has 2 aromatic rings. The number of nitrogens with zero attached hydrogens (tertiary/aromatic N) is 1. The van der Waals surface area contributed by atoms with Gasteiger partial charge < -0.3 is 10.1 Å². The van der Waals surface area contributed by atoms with E-state index in [2.05, 4.69) is 5.32 Å². The van der Waals surface area contributed by atoms with Crippen LogP contribution in [0.4, 0.5) is 18.9 Å². The Morgan fingerprint density at radius 3 is 2.44 bits per heavy atom. The molecule has 4 nitrogen and oxygen atoms in total. The molecule has 0 fully saturated rings. The van der Waals surface area contributed by atoms with Gasteiger partial charge in [-0.05, 0) is 55.9 Å². The van der Waals surface area contributed by atoms with Crippen LogP contribution in [0.2, 0.25) is 0 Å². The lowest BCUT2D eigenvalue weighted by Gasteiger charge is -2.24. The predicted molar refractivity (Wildman–Crippen MR) is 101 cm³/mol. The number of alkyl halides is 2. The van der Waals surface area contributed by atoms with Crippen LogP contribution in [0.15, 0.2) is 47.4 Å². The number of hydrogen-bond donors (Lipinski definition) is 1. The summed E-state index contributed by atoms with van der Waals surface area (Å²) >= 11 is 0.448. The van der Waals surface area contributed by atoms with Gasteiger partial charge >= 0.3 is 0 Å². The average Bonchev–Trinajstić information content (AvgIpc) is 2.62. The van der Waals surface area contributed by atoms with Gasteiger partial charge in [0.05, 0.1) is 13.2 Å². The van der Waals surface area contributed by atoms with Crippen molar-refractivity contribution >= 4 is 23.4 Å². The van der Waals surface area contributed by atoms with E-state index in [4.69, 9.17) is 4.74 Å². The molecule has 27 heavy (non-hydrogen) atoms. The van der Waals surface area contributed by atoms with Gasteiger partial charge in [0.25, 0.3) is 5.76 Å². The molecule has 0 bridgehead atoms. The molecule has 0 spiro atoms. The fraction of sp³-hybridized carbons (Fsp3) is 0.316. The Morgan fingerprint density at radius 1 is 1.22 bits per heavy atom. The van der Waals surface area contributed by atoms with Gasteiger partial charge in [0.1, 0.15) is 0 Å². The molecule has 0 aliphatic rings. The van der Waals surface area contributed by atoms with E-state index in [0.29, 0.717) is 34.5 Å². The molecule has 146 valence electrons. The molecular weight excluding hydrogens is 377 g/mol. The van der Waals surface area contributed by atoms with Crippen molar-refractivity contribution in [1.29, 1.82) is 0 Å². The molecule has 2 aromatic carbocycles. The number of carbonyl (C=O) groups is 1. The second kappa shape index (κ2) is 9.66. The number of likely N-dealkylation sites (N-methyl/N-ethyl adjacent to an activating group) is 1. The number of methoxy groups -OCH3 is 1. The van der Waals surface area contributed by atoms with Crippen LogP contribution in [0.5, 0.6) is 5.75 Å². The number of carbonyl (C=O) groups excluding carboxylic acids is 1. The zero-order valence-corrected chi connectivity index (χ0v) is 16.0. The van der Waals surface area contributed by atoms with Crippen LogP contribution < -0.4 is 10.1 Å². The van der Waals surface area contributed by atoms with Crippen LogP contribution in [0.1, 0.15) is 12.5 Å².